The molecule has 0 spiro atoms. The molecule has 3 aliphatic rings. The van der Waals surface area contributed by atoms with Gasteiger partial charge in [-0.3, -0.25) is 14.7 Å². The summed E-state index contributed by atoms with van der Waals surface area (Å²) in [6.45, 7) is -4.96. The minimum absolute atomic E-state index is 0.117. The van der Waals surface area contributed by atoms with Crippen LogP contribution >= 0.6 is 14.5 Å². The molecule has 18 heteroatoms. The molecule has 15 nitrogen and oxygen atoms in total. The number of amides is 1. The van der Waals surface area contributed by atoms with Gasteiger partial charge in [-0.1, -0.05) is 0 Å². The molecule has 0 aromatic heterocycles. The third kappa shape index (κ3) is 4.84. The van der Waals surface area contributed by atoms with Crippen molar-refractivity contribution in [3.63, 3.8) is 0 Å². The molecule has 7 unspecified atom stereocenters. The van der Waals surface area contributed by atoms with Crippen molar-refractivity contribution in [1.82, 2.24) is 10.2 Å². The first-order valence-electron chi connectivity index (χ1n) is 8.03. The number of aliphatic imine (C=N–C) groups is 1. The number of ether oxygens (including phenoxy) is 1. The van der Waals surface area contributed by atoms with Gasteiger partial charge in [0.05, 0.1) is 13.7 Å². The lowest BCUT2D eigenvalue weighted by Crippen LogP contribution is -2.58. The van der Waals surface area contributed by atoms with Gasteiger partial charge < -0.3 is 39.9 Å². The summed E-state index contributed by atoms with van der Waals surface area (Å²) in [7, 11) is -3.50. The average Bonchev–Trinajstić information content (AvgIpc) is 3.01. The molecule has 1 fully saturated rings. The predicted octanol–water partition coefficient (Wildman–Crippen LogP) is -4.10. The zero-order valence-corrected chi connectivity index (χ0v) is 17.4. The lowest BCUT2D eigenvalue weighted by atomic mass is 10.1. The maximum absolute atomic E-state index is 12.1. The number of rotatable bonds is 6. The standard InChI is InChI=1S/C11H19N5O10P2S/c1-15-3-16(8-5(15)9(19)14-11(12)13-8)10-7(18)6(17)4(25-10)2-24-28(23,29)26-27(20,21)22/h3-8,10,17-18H,2H2,1H3,(H5-,12,13,14,19,20,21,22,23,29)/p+1. The molecule has 0 aromatic rings. The monoisotopic (exact) mass is 476 g/mol. The fraction of sp³-hybridized carbons (Fsp3) is 0.727. The minimum atomic E-state index is -5.11. The Morgan fingerprint density at radius 3 is 2.69 bits per heavy atom. The fourth-order valence-corrected chi connectivity index (χ4v) is 5.77. The van der Waals surface area contributed by atoms with Crippen LogP contribution in [0.4, 0.5) is 0 Å². The third-order valence-corrected chi connectivity index (χ3v) is 7.44. The number of fused-ring (bicyclic) bond motifs is 1. The van der Waals surface area contributed by atoms with Gasteiger partial charge in [-0.05, 0) is 11.8 Å². The molecular weight excluding hydrogens is 456 g/mol. The highest BCUT2D eigenvalue weighted by Gasteiger charge is 2.57. The van der Waals surface area contributed by atoms with Crippen LogP contribution in [0.25, 0.3) is 0 Å². The highest BCUT2D eigenvalue weighted by molar-refractivity contribution is 8.08. The van der Waals surface area contributed by atoms with E-state index in [1.165, 1.54) is 15.8 Å². The number of nitrogens with zero attached hydrogens (tertiary/aromatic N) is 3. The molecule has 1 amide bonds. The van der Waals surface area contributed by atoms with Gasteiger partial charge >= 0.3 is 14.5 Å². The third-order valence-electron chi connectivity index (χ3n) is 4.38. The maximum atomic E-state index is 12.1. The zero-order valence-electron chi connectivity index (χ0n) is 14.7. The SMILES string of the molecule is C[N+]1=CN(C2OC(COP(O)(=S)OP(=O)(O)O)C(O)C2O)C2N=C(N)NC(=O)C21. The zero-order chi connectivity index (χ0) is 21.7. The van der Waals surface area contributed by atoms with E-state index in [9.17, 15) is 24.5 Å². The Hall–Kier alpha value is -1.03. The molecule has 3 aliphatic heterocycles. The fourth-order valence-electron chi connectivity index (χ4n) is 3.21. The van der Waals surface area contributed by atoms with Gasteiger partial charge in [0.15, 0.2) is 5.96 Å². The highest BCUT2D eigenvalue weighted by atomic mass is 32.5. The Balaban J connectivity index is 1.71. The summed E-state index contributed by atoms with van der Waals surface area (Å²) in [5.74, 6) is -0.527. The number of hydrogen-bond acceptors (Lipinski definition) is 11. The van der Waals surface area contributed by atoms with Crippen molar-refractivity contribution in [3.8, 4) is 0 Å². The number of carbonyl (C=O) groups is 1. The largest absolute Gasteiger partial charge is 0.476 e. The van der Waals surface area contributed by atoms with E-state index in [2.05, 4.69) is 26.4 Å². The van der Waals surface area contributed by atoms with Gasteiger partial charge in [0, 0.05) is 0 Å². The van der Waals surface area contributed by atoms with Crippen molar-refractivity contribution in [1.29, 1.82) is 0 Å². The summed E-state index contributed by atoms with van der Waals surface area (Å²) in [5.41, 5.74) is 5.60. The number of phosphoric acid groups is 1. The van der Waals surface area contributed by atoms with E-state index in [0.717, 1.165) is 0 Å². The molecule has 0 radical (unpaired) electrons. The summed E-state index contributed by atoms with van der Waals surface area (Å²) in [4.78, 5) is 44.8. The van der Waals surface area contributed by atoms with Crippen LogP contribution in [0.1, 0.15) is 0 Å². The second-order valence-electron chi connectivity index (χ2n) is 6.47. The second-order valence-corrected chi connectivity index (χ2v) is 10.7. The quantitative estimate of drug-likeness (QED) is 0.143. The molecule has 8 N–H and O–H groups in total. The normalized spacial score (nSPS) is 36.9. The van der Waals surface area contributed by atoms with E-state index in [-0.39, 0.29) is 5.96 Å². The minimum Gasteiger partial charge on any atom is -0.387 e. The predicted molar refractivity (Wildman–Crippen MR) is 97.7 cm³/mol. The van der Waals surface area contributed by atoms with Crippen molar-refractivity contribution >= 4 is 44.6 Å². The van der Waals surface area contributed by atoms with Gasteiger partial charge in [0.2, 0.25) is 24.8 Å². The van der Waals surface area contributed by atoms with Crippen molar-refractivity contribution in [2.24, 2.45) is 10.7 Å². The van der Waals surface area contributed by atoms with E-state index in [1.54, 1.807) is 7.05 Å². The smallest absolute Gasteiger partial charge is 0.387 e. The van der Waals surface area contributed by atoms with E-state index < -0.39 is 63.8 Å². The number of nitrogens with one attached hydrogen (secondary N) is 1. The molecule has 29 heavy (non-hydrogen) atoms. The maximum Gasteiger partial charge on any atom is 0.476 e. The van der Waals surface area contributed by atoms with Crippen LogP contribution in [-0.4, -0.2) is 103 Å². The molecule has 0 aromatic carbocycles. The van der Waals surface area contributed by atoms with E-state index in [4.69, 9.17) is 24.8 Å². The van der Waals surface area contributed by atoms with Crippen molar-refractivity contribution in [2.75, 3.05) is 13.7 Å². The van der Waals surface area contributed by atoms with Crippen LogP contribution in [-0.2, 0) is 34.7 Å². The van der Waals surface area contributed by atoms with Crippen LogP contribution in [0.3, 0.4) is 0 Å². The van der Waals surface area contributed by atoms with Crippen LogP contribution in [0.5, 0.6) is 0 Å². The molecule has 0 aliphatic carbocycles. The van der Waals surface area contributed by atoms with Crippen molar-refractivity contribution in [2.45, 2.75) is 36.7 Å². The first-order chi connectivity index (χ1) is 13.3. The van der Waals surface area contributed by atoms with E-state index in [1.807, 2.05) is 0 Å². The number of carbonyl (C=O) groups excluding carboxylic acids is 1. The summed E-state index contributed by atoms with van der Waals surface area (Å²) >= 11 is 4.48. The molecule has 0 bridgehead atoms. The molecule has 164 valence electrons. The number of aliphatic hydroxyl groups excluding tert-OH is 2. The Morgan fingerprint density at radius 2 is 2.07 bits per heavy atom. The summed E-state index contributed by atoms with van der Waals surface area (Å²) in [6.07, 6.45) is -4.76. The Labute approximate surface area is 168 Å². The molecular formula is C11H20N5O10P2S+. The molecule has 3 heterocycles. The summed E-state index contributed by atoms with van der Waals surface area (Å²) < 4.78 is 26.7. The van der Waals surface area contributed by atoms with Crippen LogP contribution in [0.2, 0.25) is 0 Å². The molecule has 7 atom stereocenters. The lowest BCUT2D eigenvalue weighted by Gasteiger charge is -2.27. The Morgan fingerprint density at radius 1 is 1.41 bits per heavy atom. The van der Waals surface area contributed by atoms with Crippen LogP contribution in [0.15, 0.2) is 4.99 Å². The number of likely N-dealkylation sites (N-methyl/N-ethyl adjacent to an activating group) is 1. The Kier molecular flexibility index (Phi) is 6.17. The number of guanidine groups is 1. The van der Waals surface area contributed by atoms with Gasteiger partial charge in [-0.2, -0.15) is 0 Å². The first kappa shape index (κ1) is 22.7. The number of nitrogens with two attached hydrogens (primary N) is 1. The molecule has 3 rings (SSSR count). The topological polar surface area (TPSA) is 220 Å². The summed E-state index contributed by atoms with van der Waals surface area (Å²) in [5, 5.41) is 23.0. The van der Waals surface area contributed by atoms with Gasteiger partial charge in [-0.15, -0.1) is 0 Å². The van der Waals surface area contributed by atoms with E-state index in [0.29, 0.717) is 0 Å². The van der Waals surface area contributed by atoms with Crippen molar-refractivity contribution < 1.29 is 52.4 Å². The van der Waals surface area contributed by atoms with Gasteiger partial charge in [-0.25, -0.2) is 18.8 Å². The van der Waals surface area contributed by atoms with Gasteiger partial charge in [0.1, 0.15) is 18.3 Å². The second kappa shape index (κ2) is 7.90. The lowest BCUT2D eigenvalue weighted by molar-refractivity contribution is -0.513. The van der Waals surface area contributed by atoms with Crippen LogP contribution < -0.4 is 11.1 Å². The number of aliphatic hydroxyl groups is 2. The first-order valence-corrected chi connectivity index (χ1v) is 12.2. The number of hydrogen-bond donors (Lipinski definition) is 7. The van der Waals surface area contributed by atoms with Gasteiger partial charge in [0.25, 0.3) is 5.91 Å². The Bertz CT molecular complexity index is 850. The van der Waals surface area contributed by atoms with E-state index >= 15 is 0 Å². The van der Waals surface area contributed by atoms with Crippen molar-refractivity contribution in [3.05, 3.63) is 0 Å². The molecule has 1 saturated heterocycles. The summed E-state index contributed by atoms with van der Waals surface area (Å²) in [6, 6.07) is -0.745. The average molecular weight is 476 g/mol. The highest BCUT2D eigenvalue weighted by Crippen LogP contribution is 2.58. The molecule has 0 saturated carbocycles. The van der Waals surface area contributed by atoms with Crippen LogP contribution in [0, 0.1) is 0 Å².